The van der Waals surface area contributed by atoms with Gasteiger partial charge in [0.25, 0.3) is 11.5 Å². The van der Waals surface area contributed by atoms with Crippen molar-refractivity contribution in [3.8, 4) is 5.75 Å². The predicted molar refractivity (Wildman–Crippen MR) is 79.1 cm³/mol. The maximum Gasteiger partial charge on any atom is 0.340 e. The molecule has 0 fully saturated rings. The van der Waals surface area contributed by atoms with Crippen LogP contribution in [0.3, 0.4) is 0 Å². The number of aromatic amines is 1. The summed E-state index contributed by atoms with van der Waals surface area (Å²) in [6.45, 7) is 1.89. The largest absolute Gasteiger partial charge is 0.507 e. The molecule has 0 saturated heterocycles. The van der Waals surface area contributed by atoms with E-state index in [0.717, 1.165) is 12.3 Å². The fraction of sp³-hybridized carbons (Fsp3) is 0.133. The van der Waals surface area contributed by atoms with Crippen LogP contribution in [0.2, 0.25) is 0 Å². The summed E-state index contributed by atoms with van der Waals surface area (Å²) in [6, 6.07) is 7.23. The van der Waals surface area contributed by atoms with Crippen molar-refractivity contribution >= 4 is 17.6 Å². The summed E-state index contributed by atoms with van der Waals surface area (Å²) in [5, 5.41) is 12.1. The van der Waals surface area contributed by atoms with Gasteiger partial charge in [0.15, 0.2) is 0 Å². The number of pyridine rings is 1. The molecular formula is C15H14N2O5. The van der Waals surface area contributed by atoms with Crippen LogP contribution in [-0.2, 0) is 4.74 Å². The number of amides is 1. The van der Waals surface area contributed by atoms with E-state index >= 15 is 0 Å². The number of hydrogen-bond acceptors (Lipinski definition) is 5. The molecule has 2 rings (SSSR count). The van der Waals surface area contributed by atoms with Crippen molar-refractivity contribution < 1.29 is 19.4 Å². The molecule has 1 aromatic carbocycles. The average Bonchev–Trinajstić information content (AvgIpc) is 2.47. The van der Waals surface area contributed by atoms with Gasteiger partial charge in [-0.2, -0.15) is 0 Å². The molecule has 0 bridgehead atoms. The molecule has 7 nitrogen and oxygen atoms in total. The Balaban J connectivity index is 2.29. The number of carbonyl (C=O) groups is 2. The Morgan fingerprint density at radius 3 is 2.68 bits per heavy atom. The van der Waals surface area contributed by atoms with Gasteiger partial charge in [-0.15, -0.1) is 0 Å². The lowest BCUT2D eigenvalue weighted by Crippen LogP contribution is -2.17. The maximum atomic E-state index is 12.1. The van der Waals surface area contributed by atoms with E-state index in [-0.39, 0.29) is 23.4 Å². The fourth-order valence-corrected chi connectivity index (χ4v) is 1.81. The number of aromatic nitrogens is 1. The summed E-state index contributed by atoms with van der Waals surface area (Å²) in [6.07, 6.45) is 1.10. The van der Waals surface area contributed by atoms with Crippen LogP contribution in [0.4, 0.5) is 5.69 Å². The number of carbonyl (C=O) groups excluding carboxylic acids is 2. The van der Waals surface area contributed by atoms with Crippen molar-refractivity contribution in [3.63, 3.8) is 0 Å². The lowest BCUT2D eigenvalue weighted by atomic mass is 10.1. The van der Waals surface area contributed by atoms with Crippen LogP contribution in [0.25, 0.3) is 0 Å². The molecule has 114 valence electrons. The number of aromatic hydroxyl groups is 1. The normalized spacial score (nSPS) is 10.0. The van der Waals surface area contributed by atoms with Crippen molar-refractivity contribution in [2.45, 2.75) is 6.92 Å². The monoisotopic (exact) mass is 302 g/mol. The Morgan fingerprint density at radius 2 is 2.00 bits per heavy atom. The first kappa shape index (κ1) is 15.3. The molecule has 0 unspecified atom stereocenters. The van der Waals surface area contributed by atoms with Crippen molar-refractivity contribution in [3.05, 3.63) is 58.0 Å². The maximum absolute atomic E-state index is 12.1. The van der Waals surface area contributed by atoms with E-state index in [4.69, 9.17) is 4.74 Å². The summed E-state index contributed by atoms with van der Waals surface area (Å²) in [4.78, 5) is 37.3. The van der Waals surface area contributed by atoms with Crippen LogP contribution in [0.15, 0.2) is 41.3 Å². The standard InChI is InChI=1S/C15H14N2O5/c1-2-22-15(21)9-5-3-4-6-11(9)17-14(20)10-8-16-13(19)7-12(10)18/h3-8H,2H2,1H3,(H,17,20)(H2,16,18,19). The molecule has 2 aromatic rings. The molecule has 1 aromatic heterocycles. The third-order valence-electron chi connectivity index (χ3n) is 2.82. The molecule has 1 heterocycles. The molecule has 0 aliphatic heterocycles. The number of anilines is 1. The highest BCUT2D eigenvalue weighted by Crippen LogP contribution is 2.19. The van der Waals surface area contributed by atoms with Gasteiger partial charge in [0.05, 0.1) is 23.4 Å². The number of ether oxygens (including phenoxy) is 1. The molecule has 0 spiro atoms. The highest BCUT2D eigenvalue weighted by Gasteiger charge is 2.17. The second-order valence-corrected chi connectivity index (χ2v) is 4.32. The van der Waals surface area contributed by atoms with Crippen LogP contribution >= 0.6 is 0 Å². The first-order chi connectivity index (χ1) is 10.5. The van der Waals surface area contributed by atoms with E-state index in [1.165, 1.54) is 12.1 Å². The molecule has 0 saturated carbocycles. The number of H-pyrrole nitrogens is 1. The van der Waals surface area contributed by atoms with E-state index in [1.54, 1.807) is 19.1 Å². The minimum absolute atomic E-state index is 0.113. The summed E-state index contributed by atoms with van der Waals surface area (Å²) in [5.41, 5.74) is -0.197. The smallest absolute Gasteiger partial charge is 0.340 e. The molecule has 1 amide bonds. The molecule has 0 aliphatic rings. The lowest BCUT2D eigenvalue weighted by Gasteiger charge is -2.10. The molecule has 7 heteroatoms. The third-order valence-corrected chi connectivity index (χ3v) is 2.82. The zero-order chi connectivity index (χ0) is 16.1. The SMILES string of the molecule is CCOC(=O)c1ccccc1NC(=O)c1c[nH]c(=O)cc1O. The first-order valence-corrected chi connectivity index (χ1v) is 6.52. The highest BCUT2D eigenvalue weighted by molar-refractivity contribution is 6.09. The Labute approximate surface area is 125 Å². The Kier molecular flexibility index (Phi) is 4.57. The number of para-hydroxylation sites is 1. The Hall–Kier alpha value is -3.09. The number of rotatable bonds is 4. The zero-order valence-corrected chi connectivity index (χ0v) is 11.8. The lowest BCUT2D eigenvalue weighted by molar-refractivity contribution is 0.0527. The summed E-state index contributed by atoms with van der Waals surface area (Å²) in [7, 11) is 0. The number of hydrogen-bond donors (Lipinski definition) is 3. The van der Waals surface area contributed by atoms with Gasteiger partial charge >= 0.3 is 5.97 Å². The van der Waals surface area contributed by atoms with Gasteiger partial charge in [0.2, 0.25) is 0 Å². The molecule has 0 radical (unpaired) electrons. The van der Waals surface area contributed by atoms with Crippen molar-refractivity contribution in [1.29, 1.82) is 0 Å². The Morgan fingerprint density at radius 1 is 1.27 bits per heavy atom. The summed E-state index contributed by atoms with van der Waals surface area (Å²) >= 11 is 0. The van der Waals surface area contributed by atoms with Gasteiger partial charge in [-0.25, -0.2) is 4.79 Å². The van der Waals surface area contributed by atoms with E-state index < -0.39 is 23.2 Å². The van der Waals surface area contributed by atoms with E-state index in [0.29, 0.717) is 0 Å². The number of nitrogens with one attached hydrogen (secondary N) is 2. The number of esters is 1. The van der Waals surface area contributed by atoms with Crippen molar-refractivity contribution in [1.82, 2.24) is 4.98 Å². The topological polar surface area (TPSA) is 108 Å². The second kappa shape index (κ2) is 6.57. The predicted octanol–water partition coefficient (Wildman–Crippen LogP) is 1.51. The minimum Gasteiger partial charge on any atom is -0.507 e. The molecule has 0 atom stereocenters. The van der Waals surface area contributed by atoms with Crippen molar-refractivity contribution in [2.24, 2.45) is 0 Å². The summed E-state index contributed by atoms with van der Waals surface area (Å²) < 4.78 is 4.91. The molecular weight excluding hydrogens is 288 g/mol. The average molecular weight is 302 g/mol. The first-order valence-electron chi connectivity index (χ1n) is 6.52. The van der Waals surface area contributed by atoms with Gasteiger partial charge in [0.1, 0.15) is 5.75 Å². The van der Waals surface area contributed by atoms with Gasteiger partial charge in [-0.3, -0.25) is 9.59 Å². The van der Waals surface area contributed by atoms with Crippen molar-refractivity contribution in [2.75, 3.05) is 11.9 Å². The fourth-order valence-electron chi connectivity index (χ4n) is 1.81. The van der Waals surface area contributed by atoms with Crippen LogP contribution in [0.1, 0.15) is 27.6 Å². The number of benzene rings is 1. The molecule has 3 N–H and O–H groups in total. The van der Waals surface area contributed by atoms with Crippen LogP contribution in [0, 0.1) is 0 Å². The van der Waals surface area contributed by atoms with Gasteiger partial charge in [-0.05, 0) is 19.1 Å². The van der Waals surface area contributed by atoms with Gasteiger partial charge < -0.3 is 20.1 Å². The second-order valence-electron chi connectivity index (χ2n) is 4.32. The van der Waals surface area contributed by atoms with E-state index in [1.807, 2.05) is 0 Å². The Bertz CT molecular complexity index is 767. The van der Waals surface area contributed by atoms with E-state index in [2.05, 4.69) is 10.3 Å². The molecule has 0 aliphatic carbocycles. The minimum atomic E-state index is -0.662. The van der Waals surface area contributed by atoms with Gasteiger partial charge in [0, 0.05) is 12.3 Å². The highest BCUT2D eigenvalue weighted by atomic mass is 16.5. The summed E-state index contributed by atoms with van der Waals surface area (Å²) in [5.74, 6) is -1.68. The van der Waals surface area contributed by atoms with E-state index in [9.17, 15) is 19.5 Å². The van der Waals surface area contributed by atoms with Crippen LogP contribution in [-0.4, -0.2) is 28.6 Å². The third kappa shape index (κ3) is 3.32. The zero-order valence-electron chi connectivity index (χ0n) is 11.8. The van der Waals surface area contributed by atoms with Gasteiger partial charge in [-0.1, -0.05) is 12.1 Å². The van der Waals surface area contributed by atoms with Crippen LogP contribution < -0.4 is 10.9 Å². The quantitative estimate of drug-likeness (QED) is 0.742. The molecule has 22 heavy (non-hydrogen) atoms. The van der Waals surface area contributed by atoms with Crippen LogP contribution in [0.5, 0.6) is 5.75 Å².